The van der Waals surface area contributed by atoms with Gasteiger partial charge < -0.3 is 4.42 Å². The van der Waals surface area contributed by atoms with Crippen molar-refractivity contribution >= 4 is 44.4 Å². The van der Waals surface area contributed by atoms with Gasteiger partial charge in [-0.2, -0.15) is 0 Å². The second kappa shape index (κ2) is 3.47. The lowest BCUT2D eigenvalue weighted by Crippen LogP contribution is -1.73. The van der Waals surface area contributed by atoms with Crippen molar-refractivity contribution in [1.82, 2.24) is 4.98 Å². The average molecular weight is 254 g/mol. The van der Waals surface area contributed by atoms with Crippen molar-refractivity contribution in [1.29, 1.82) is 0 Å². The number of hydrogen-bond acceptors (Lipinski definition) is 2. The Morgan fingerprint density at radius 3 is 2.83 bits per heavy atom. The summed E-state index contributed by atoms with van der Waals surface area (Å²) in [6.45, 7) is 0. The van der Waals surface area contributed by atoms with Crippen molar-refractivity contribution in [2.45, 2.75) is 0 Å². The number of pyridine rings is 1. The Balaban J connectivity index is 2.23. The van der Waals surface area contributed by atoms with Crippen molar-refractivity contribution in [3.05, 3.63) is 53.7 Å². The zero-order valence-electron chi connectivity index (χ0n) is 9.35. The summed E-state index contributed by atoms with van der Waals surface area (Å²) in [5, 5.41) is 5.10. The van der Waals surface area contributed by atoms with E-state index in [0.717, 1.165) is 32.2 Å². The van der Waals surface area contributed by atoms with Crippen LogP contribution >= 0.6 is 11.6 Å². The summed E-state index contributed by atoms with van der Waals surface area (Å²) in [6.07, 6.45) is 1.74. The highest BCUT2D eigenvalue weighted by Gasteiger charge is 2.08. The van der Waals surface area contributed by atoms with Crippen molar-refractivity contribution < 1.29 is 4.42 Å². The smallest absolute Gasteiger partial charge is 0.227 e. The van der Waals surface area contributed by atoms with E-state index in [0.29, 0.717) is 5.71 Å². The van der Waals surface area contributed by atoms with Crippen molar-refractivity contribution in [2.75, 3.05) is 0 Å². The van der Waals surface area contributed by atoms with Gasteiger partial charge in [0.05, 0.1) is 0 Å². The van der Waals surface area contributed by atoms with Gasteiger partial charge in [0.2, 0.25) is 5.71 Å². The fourth-order valence-corrected chi connectivity index (χ4v) is 2.50. The lowest BCUT2D eigenvalue weighted by Gasteiger charge is -1.98. The number of aromatic nitrogens is 1. The molecule has 0 spiro atoms. The van der Waals surface area contributed by atoms with Crippen LogP contribution in [0.25, 0.3) is 32.8 Å². The van der Waals surface area contributed by atoms with Crippen molar-refractivity contribution in [2.24, 2.45) is 0 Å². The Morgan fingerprint density at radius 1 is 0.944 bits per heavy atom. The van der Waals surface area contributed by atoms with Gasteiger partial charge in [-0.1, -0.05) is 17.7 Å². The molecule has 0 radical (unpaired) electrons. The Labute approximate surface area is 108 Å². The first kappa shape index (κ1) is 9.92. The number of benzene rings is 2. The quantitative estimate of drug-likeness (QED) is 0.450. The van der Waals surface area contributed by atoms with Gasteiger partial charge in [0.15, 0.2) is 0 Å². The first-order valence-corrected chi connectivity index (χ1v) is 6.06. The van der Waals surface area contributed by atoms with Crippen molar-refractivity contribution in [3.63, 3.8) is 0 Å². The Hall–Kier alpha value is -2.06. The Morgan fingerprint density at radius 2 is 1.89 bits per heavy atom. The molecule has 0 aliphatic rings. The molecule has 2 nitrogen and oxygen atoms in total. The molecule has 3 heteroatoms. The van der Waals surface area contributed by atoms with Crippen LogP contribution < -0.4 is 0 Å². The van der Waals surface area contributed by atoms with Gasteiger partial charge in [-0.05, 0) is 47.2 Å². The third-order valence-electron chi connectivity index (χ3n) is 3.17. The predicted molar refractivity (Wildman–Crippen MR) is 74.0 cm³/mol. The normalized spacial score (nSPS) is 11.6. The van der Waals surface area contributed by atoms with Crippen LogP contribution in [0.1, 0.15) is 0 Å². The van der Waals surface area contributed by atoms with Gasteiger partial charge in [0, 0.05) is 22.0 Å². The number of fused-ring (bicyclic) bond motifs is 4. The van der Waals surface area contributed by atoms with Gasteiger partial charge in [-0.3, -0.25) is 0 Å². The predicted octanol–water partition coefficient (Wildman–Crippen LogP) is 4.79. The van der Waals surface area contributed by atoms with Crippen LogP contribution in [0.2, 0.25) is 5.02 Å². The molecular formula is C15H8ClNO. The molecule has 0 fully saturated rings. The number of hydrogen-bond donors (Lipinski definition) is 0. The molecule has 0 saturated carbocycles. The van der Waals surface area contributed by atoms with Crippen LogP contribution in [-0.2, 0) is 0 Å². The van der Waals surface area contributed by atoms with E-state index in [9.17, 15) is 0 Å². The lowest BCUT2D eigenvalue weighted by molar-refractivity contribution is 0.654. The standard InChI is InChI=1S/C15H8ClNO/c16-11-4-3-9-7-13-12-2-1-5-17-15(12)18-14(13)8-10(9)6-11/h1-8H. The monoisotopic (exact) mass is 253 g/mol. The molecule has 86 valence electrons. The molecule has 4 rings (SSSR count). The molecule has 0 amide bonds. The molecule has 4 aromatic rings. The number of halogens is 1. The molecule has 0 saturated heterocycles. The highest BCUT2D eigenvalue weighted by Crippen LogP contribution is 2.31. The van der Waals surface area contributed by atoms with Crippen LogP contribution in [0.3, 0.4) is 0 Å². The third-order valence-corrected chi connectivity index (χ3v) is 3.40. The first-order chi connectivity index (χ1) is 8.81. The molecule has 0 aliphatic heterocycles. The maximum Gasteiger partial charge on any atom is 0.227 e. The average Bonchev–Trinajstić information content (AvgIpc) is 2.73. The van der Waals surface area contributed by atoms with Crippen LogP contribution in [0, 0.1) is 0 Å². The number of furan rings is 1. The topological polar surface area (TPSA) is 26.0 Å². The van der Waals surface area contributed by atoms with Crippen LogP contribution in [0.4, 0.5) is 0 Å². The summed E-state index contributed by atoms with van der Waals surface area (Å²) in [5.41, 5.74) is 1.52. The minimum atomic E-state index is 0.675. The molecule has 2 heterocycles. The van der Waals surface area contributed by atoms with E-state index in [2.05, 4.69) is 11.1 Å². The van der Waals surface area contributed by atoms with Crippen LogP contribution in [0.5, 0.6) is 0 Å². The third kappa shape index (κ3) is 1.33. The van der Waals surface area contributed by atoms with E-state index in [1.807, 2.05) is 36.4 Å². The molecule has 0 aliphatic carbocycles. The maximum absolute atomic E-state index is 6.01. The minimum absolute atomic E-state index is 0.675. The lowest BCUT2D eigenvalue weighted by atomic mass is 10.1. The minimum Gasteiger partial charge on any atom is -0.438 e. The van der Waals surface area contributed by atoms with E-state index in [1.54, 1.807) is 6.20 Å². The fourth-order valence-electron chi connectivity index (χ4n) is 2.32. The van der Waals surface area contributed by atoms with E-state index in [1.165, 1.54) is 0 Å². The van der Waals surface area contributed by atoms with E-state index < -0.39 is 0 Å². The number of nitrogens with zero attached hydrogens (tertiary/aromatic N) is 1. The second-order valence-electron chi connectivity index (χ2n) is 4.30. The Bertz CT molecular complexity index is 895. The molecule has 18 heavy (non-hydrogen) atoms. The SMILES string of the molecule is Clc1ccc2cc3c(cc2c1)oc1ncccc13. The van der Waals surface area contributed by atoms with Gasteiger partial charge in [-0.15, -0.1) is 0 Å². The summed E-state index contributed by atoms with van der Waals surface area (Å²) in [6, 6.07) is 13.9. The highest BCUT2D eigenvalue weighted by atomic mass is 35.5. The summed E-state index contributed by atoms with van der Waals surface area (Å²) in [5.74, 6) is 0. The largest absolute Gasteiger partial charge is 0.438 e. The summed E-state index contributed by atoms with van der Waals surface area (Å²) in [4.78, 5) is 4.23. The maximum atomic E-state index is 6.01. The molecule has 2 aromatic carbocycles. The summed E-state index contributed by atoms with van der Waals surface area (Å²) < 4.78 is 5.75. The van der Waals surface area contributed by atoms with E-state index in [-0.39, 0.29) is 0 Å². The number of rotatable bonds is 0. The highest BCUT2D eigenvalue weighted by molar-refractivity contribution is 6.31. The molecule has 0 bridgehead atoms. The van der Waals surface area contributed by atoms with E-state index in [4.69, 9.17) is 16.0 Å². The zero-order chi connectivity index (χ0) is 12.1. The van der Waals surface area contributed by atoms with Crippen LogP contribution in [0.15, 0.2) is 53.1 Å². The van der Waals surface area contributed by atoms with Gasteiger partial charge in [0.25, 0.3) is 0 Å². The van der Waals surface area contributed by atoms with Gasteiger partial charge in [0.1, 0.15) is 5.58 Å². The summed E-state index contributed by atoms with van der Waals surface area (Å²) in [7, 11) is 0. The molecule has 0 N–H and O–H groups in total. The molecular weight excluding hydrogens is 246 g/mol. The molecule has 0 unspecified atom stereocenters. The van der Waals surface area contributed by atoms with Gasteiger partial charge >= 0.3 is 0 Å². The first-order valence-electron chi connectivity index (χ1n) is 5.68. The molecule has 0 atom stereocenters. The van der Waals surface area contributed by atoms with E-state index >= 15 is 0 Å². The Kier molecular flexibility index (Phi) is 1.91. The van der Waals surface area contributed by atoms with Crippen LogP contribution in [-0.4, -0.2) is 4.98 Å². The van der Waals surface area contributed by atoms with Crippen molar-refractivity contribution in [3.8, 4) is 0 Å². The zero-order valence-corrected chi connectivity index (χ0v) is 10.1. The summed E-state index contributed by atoms with van der Waals surface area (Å²) >= 11 is 6.01. The molecule has 2 aromatic heterocycles. The van der Waals surface area contributed by atoms with Gasteiger partial charge in [-0.25, -0.2) is 4.98 Å². The fraction of sp³-hybridized carbons (Fsp3) is 0. The second-order valence-corrected chi connectivity index (χ2v) is 4.73.